The molecule has 0 unspecified atom stereocenters. The molecule has 0 spiro atoms. The van der Waals surface area contributed by atoms with Gasteiger partial charge in [-0.05, 0) is 23.8 Å². The summed E-state index contributed by atoms with van der Waals surface area (Å²) in [5.41, 5.74) is 6.17. The fourth-order valence-electron chi connectivity index (χ4n) is 3.40. The first kappa shape index (κ1) is 23.9. The Morgan fingerprint density at radius 3 is 2.22 bits per heavy atom. The summed E-state index contributed by atoms with van der Waals surface area (Å²) in [7, 11) is -0.812. The molecular formula is C22H29N5O4S. The van der Waals surface area contributed by atoms with E-state index in [1.54, 1.807) is 0 Å². The van der Waals surface area contributed by atoms with Crippen molar-refractivity contribution in [2.75, 3.05) is 46.8 Å². The van der Waals surface area contributed by atoms with Crippen molar-refractivity contribution >= 4 is 21.8 Å². The van der Waals surface area contributed by atoms with Crippen molar-refractivity contribution in [1.82, 2.24) is 25.0 Å². The van der Waals surface area contributed by atoms with Crippen molar-refractivity contribution in [3.63, 3.8) is 0 Å². The van der Waals surface area contributed by atoms with Crippen molar-refractivity contribution in [2.24, 2.45) is 0 Å². The van der Waals surface area contributed by atoms with Crippen molar-refractivity contribution in [1.29, 1.82) is 0 Å². The molecule has 10 heteroatoms. The zero-order chi connectivity index (χ0) is 23.1. The Balaban J connectivity index is 1.44. The first-order chi connectivity index (χ1) is 15.3. The monoisotopic (exact) mass is 459 g/mol. The van der Waals surface area contributed by atoms with Gasteiger partial charge in [0.15, 0.2) is 0 Å². The third-order valence-corrected chi connectivity index (χ3v) is 7.08. The standard InChI is InChI=1S/C22H29N5O4S/c1-25(2)32(30,31)20-10-6-9-19(15-20)22(29)24-23-21(28)17-27-13-11-26(12-14-27)16-18-7-4-3-5-8-18/h3-10,15H,11-14,16-17H2,1-2H3,(H,23,28)(H,24,29). The van der Waals surface area contributed by atoms with Gasteiger partial charge in [-0.3, -0.25) is 30.2 Å². The van der Waals surface area contributed by atoms with Crippen molar-refractivity contribution in [2.45, 2.75) is 11.4 Å². The molecular weight excluding hydrogens is 430 g/mol. The largest absolute Gasteiger partial charge is 0.297 e. The van der Waals surface area contributed by atoms with Gasteiger partial charge in [-0.1, -0.05) is 36.4 Å². The number of nitrogens with zero attached hydrogens (tertiary/aromatic N) is 3. The van der Waals surface area contributed by atoms with E-state index in [0.29, 0.717) is 0 Å². The molecule has 1 fully saturated rings. The van der Waals surface area contributed by atoms with Gasteiger partial charge in [-0.2, -0.15) is 0 Å². The number of hydrogen-bond donors (Lipinski definition) is 2. The number of nitrogens with one attached hydrogen (secondary N) is 2. The minimum absolute atomic E-state index is 0.00912. The first-order valence-corrected chi connectivity index (χ1v) is 11.8. The Morgan fingerprint density at radius 2 is 1.56 bits per heavy atom. The molecule has 9 nitrogen and oxygen atoms in total. The lowest BCUT2D eigenvalue weighted by Gasteiger charge is -2.34. The third-order valence-electron chi connectivity index (χ3n) is 5.27. The third kappa shape index (κ3) is 6.36. The Kier molecular flexibility index (Phi) is 7.97. The fourth-order valence-corrected chi connectivity index (χ4v) is 4.35. The number of piperazine rings is 1. The van der Waals surface area contributed by atoms with Gasteiger partial charge < -0.3 is 0 Å². The highest BCUT2D eigenvalue weighted by Crippen LogP contribution is 2.14. The SMILES string of the molecule is CN(C)S(=O)(=O)c1cccc(C(=O)NNC(=O)CN2CCN(Cc3ccccc3)CC2)c1. The van der Waals surface area contributed by atoms with E-state index in [0.717, 1.165) is 37.0 Å². The lowest BCUT2D eigenvalue weighted by molar-refractivity contribution is -0.123. The summed E-state index contributed by atoms with van der Waals surface area (Å²) in [5, 5.41) is 0. The van der Waals surface area contributed by atoms with Gasteiger partial charge in [0.1, 0.15) is 0 Å². The maximum absolute atomic E-state index is 12.4. The van der Waals surface area contributed by atoms with E-state index in [1.165, 1.54) is 43.9 Å². The quantitative estimate of drug-likeness (QED) is 0.586. The molecule has 32 heavy (non-hydrogen) atoms. The molecule has 0 bridgehead atoms. The molecule has 3 rings (SSSR count). The van der Waals surface area contributed by atoms with E-state index < -0.39 is 15.9 Å². The lowest BCUT2D eigenvalue weighted by Crippen LogP contribution is -2.51. The minimum atomic E-state index is -3.65. The van der Waals surface area contributed by atoms with Crippen LogP contribution in [0.15, 0.2) is 59.5 Å². The molecule has 2 N–H and O–H groups in total. The minimum Gasteiger partial charge on any atom is -0.297 e. The molecule has 0 atom stereocenters. The first-order valence-electron chi connectivity index (χ1n) is 10.4. The molecule has 2 amide bonds. The van der Waals surface area contributed by atoms with Crippen LogP contribution in [0.25, 0.3) is 0 Å². The Hall–Kier alpha value is -2.79. The van der Waals surface area contributed by atoms with Gasteiger partial charge in [0.2, 0.25) is 10.0 Å². The molecule has 1 aliphatic heterocycles. The molecule has 1 saturated heterocycles. The maximum Gasteiger partial charge on any atom is 0.269 e. The number of benzene rings is 2. The normalized spacial score (nSPS) is 15.5. The molecule has 0 radical (unpaired) electrons. The number of carbonyl (C=O) groups excluding carboxylic acids is 2. The zero-order valence-corrected chi connectivity index (χ0v) is 19.1. The topological polar surface area (TPSA) is 102 Å². The number of amides is 2. The van der Waals surface area contributed by atoms with Gasteiger partial charge in [0.05, 0.1) is 11.4 Å². The van der Waals surface area contributed by atoms with E-state index in [4.69, 9.17) is 0 Å². The van der Waals surface area contributed by atoms with E-state index in [9.17, 15) is 18.0 Å². The van der Waals surface area contributed by atoms with Gasteiger partial charge >= 0.3 is 0 Å². The highest BCUT2D eigenvalue weighted by Gasteiger charge is 2.21. The van der Waals surface area contributed by atoms with E-state index >= 15 is 0 Å². The predicted octanol–water partition coefficient (Wildman–Crippen LogP) is 0.516. The van der Waals surface area contributed by atoms with Crippen LogP contribution in [0.2, 0.25) is 0 Å². The van der Waals surface area contributed by atoms with E-state index in [1.807, 2.05) is 23.1 Å². The Morgan fingerprint density at radius 1 is 0.906 bits per heavy atom. The van der Waals surface area contributed by atoms with Gasteiger partial charge in [-0.25, -0.2) is 12.7 Å². The molecule has 0 aliphatic carbocycles. The highest BCUT2D eigenvalue weighted by atomic mass is 32.2. The second-order valence-electron chi connectivity index (χ2n) is 7.86. The summed E-state index contributed by atoms with van der Waals surface area (Å²) in [4.78, 5) is 29.0. The Bertz CT molecular complexity index is 1040. The molecule has 0 aromatic heterocycles. The summed E-state index contributed by atoms with van der Waals surface area (Å²) in [6.45, 7) is 4.31. The van der Waals surface area contributed by atoms with E-state index in [2.05, 4.69) is 27.9 Å². The molecule has 1 aliphatic rings. The van der Waals surface area contributed by atoms with Crippen LogP contribution in [0.4, 0.5) is 0 Å². The van der Waals surface area contributed by atoms with Crippen molar-refractivity contribution in [3.05, 3.63) is 65.7 Å². The van der Waals surface area contributed by atoms with Crippen LogP contribution < -0.4 is 10.9 Å². The van der Waals surface area contributed by atoms with Crippen molar-refractivity contribution < 1.29 is 18.0 Å². The highest BCUT2D eigenvalue weighted by molar-refractivity contribution is 7.89. The maximum atomic E-state index is 12.4. The molecule has 172 valence electrons. The summed E-state index contributed by atoms with van der Waals surface area (Å²) in [6, 6.07) is 15.9. The van der Waals surface area contributed by atoms with Crippen LogP contribution in [-0.4, -0.2) is 81.2 Å². The summed E-state index contributed by atoms with van der Waals surface area (Å²) < 4.78 is 25.5. The lowest BCUT2D eigenvalue weighted by atomic mass is 10.2. The zero-order valence-electron chi connectivity index (χ0n) is 18.3. The average Bonchev–Trinajstić information content (AvgIpc) is 2.79. The second kappa shape index (κ2) is 10.7. The number of hydrogen-bond acceptors (Lipinski definition) is 6. The fraction of sp³-hybridized carbons (Fsp3) is 0.364. The van der Waals surface area contributed by atoms with Crippen LogP contribution in [0, 0.1) is 0 Å². The smallest absolute Gasteiger partial charge is 0.269 e. The van der Waals surface area contributed by atoms with Crippen LogP contribution in [-0.2, 0) is 21.4 Å². The van der Waals surface area contributed by atoms with Crippen LogP contribution in [0.1, 0.15) is 15.9 Å². The number of sulfonamides is 1. The second-order valence-corrected chi connectivity index (χ2v) is 10.0. The van der Waals surface area contributed by atoms with Crippen LogP contribution in [0.5, 0.6) is 0 Å². The predicted molar refractivity (Wildman–Crippen MR) is 121 cm³/mol. The molecule has 0 saturated carbocycles. The molecule has 1 heterocycles. The van der Waals surface area contributed by atoms with Gasteiger partial charge in [-0.15, -0.1) is 0 Å². The number of hydrazine groups is 1. The van der Waals surface area contributed by atoms with Gasteiger partial charge in [0, 0.05) is 52.4 Å². The van der Waals surface area contributed by atoms with Crippen molar-refractivity contribution in [3.8, 4) is 0 Å². The number of carbonyl (C=O) groups is 2. The van der Waals surface area contributed by atoms with Crippen LogP contribution >= 0.6 is 0 Å². The Labute approximate surface area is 189 Å². The van der Waals surface area contributed by atoms with E-state index in [-0.39, 0.29) is 22.9 Å². The molecule has 2 aromatic rings. The summed E-state index contributed by atoms with van der Waals surface area (Å²) >= 11 is 0. The summed E-state index contributed by atoms with van der Waals surface area (Å²) in [6.07, 6.45) is 0. The van der Waals surface area contributed by atoms with Gasteiger partial charge in [0.25, 0.3) is 11.8 Å². The number of rotatable bonds is 7. The molecule has 2 aromatic carbocycles. The summed E-state index contributed by atoms with van der Waals surface area (Å²) in [5.74, 6) is -0.909. The average molecular weight is 460 g/mol. The van der Waals surface area contributed by atoms with Crippen LogP contribution in [0.3, 0.4) is 0 Å².